The van der Waals surface area contributed by atoms with Crippen LogP contribution in [0.2, 0.25) is 0 Å². The van der Waals surface area contributed by atoms with Crippen LogP contribution in [-0.4, -0.2) is 46.4 Å². The van der Waals surface area contributed by atoms with E-state index in [-0.39, 0.29) is 0 Å². The van der Waals surface area contributed by atoms with E-state index >= 15 is 0 Å². The first-order valence-corrected chi connectivity index (χ1v) is 6.31. The fourth-order valence-corrected chi connectivity index (χ4v) is 2.23. The van der Waals surface area contributed by atoms with Crippen LogP contribution in [0.1, 0.15) is 31.5 Å². The summed E-state index contributed by atoms with van der Waals surface area (Å²) in [4.78, 5) is 6.66. The maximum absolute atomic E-state index is 9.24. The van der Waals surface area contributed by atoms with Crippen LogP contribution in [0.3, 0.4) is 0 Å². The molecule has 0 aliphatic carbocycles. The molecule has 0 aromatic carbocycles. The maximum Gasteiger partial charge on any atom is 0.226 e. The van der Waals surface area contributed by atoms with Crippen molar-refractivity contribution in [2.24, 2.45) is 5.92 Å². The van der Waals surface area contributed by atoms with Crippen molar-refractivity contribution in [2.75, 3.05) is 20.1 Å². The number of nitrogens with zero attached hydrogens (tertiary/aromatic N) is 3. The van der Waals surface area contributed by atoms with Crippen molar-refractivity contribution in [3.63, 3.8) is 0 Å². The maximum atomic E-state index is 9.24. The number of hydrogen-bond acceptors (Lipinski definition) is 5. The first-order valence-electron chi connectivity index (χ1n) is 6.31. The van der Waals surface area contributed by atoms with Crippen molar-refractivity contribution < 1.29 is 9.63 Å². The van der Waals surface area contributed by atoms with Gasteiger partial charge in [-0.05, 0) is 45.8 Å². The van der Waals surface area contributed by atoms with E-state index in [0.717, 1.165) is 25.4 Å². The molecule has 5 nitrogen and oxygen atoms in total. The first kappa shape index (κ1) is 12.5. The monoisotopic (exact) mass is 239 g/mol. The molecule has 1 atom stereocenters. The van der Waals surface area contributed by atoms with Crippen molar-refractivity contribution in [1.29, 1.82) is 0 Å². The van der Waals surface area contributed by atoms with Gasteiger partial charge in [-0.15, -0.1) is 0 Å². The van der Waals surface area contributed by atoms with Gasteiger partial charge in [-0.3, -0.25) is 0 Å². The quantitative estimate of drug-likeness (QED) is 0.845. The molecule has 5 heteroatoms. The van der Waals surface area contributed by atoms with Gasteiger partial charge in [0.2, 0.25) is 5.89 Å². The first-order chi connectivity index (χ1) is 8.13. The predicted octanol–water partition coefficient (Wildman–Crippen LogP) is 0.877. The Morgan fingerprint density at radius 3 is 2.82 bits per heavy atom. The number of piperidine rings is 1. The topological polar surface area (TPSA) is 62.4 Å². The summed E-state index contributed by atoms with van der Waals surface area (Å²) in [6, 6.07) is 0. The Hall–Kier alpha value is -0.940. The Balaban J connectivity index is 1.84. The summed E-state index contributed by atoms with van der Waals surface area (Å²) >= 11 is 0. The normalized spacial score (nSPS) is 20.6. The Morgan fingerprint density at radius 2 is 2.18 bits per heavy atom. The highest BCUT2D eigenvalue weighted by atomic mass is 16.5. The van der Waals surface area contributed by atoms with E-state index in [1.54, 1.807) is 6.92 Å². The molecule has 17 heavy (non-hydrogen) atoms. The molecule has 1 aromatic heterocycles. The summed E-state index contributed by atoms with van der Waals surface area (Å²) in [6.45, 7) is 4.03. The molecule has 1 aliphatic heterocycles. The standard InChI is InChI=1S/C12H21N3O2/c1-9(16)7-11-13-12(17-14-11)8-10-3-5-15(2)6-4-10/h9-10,16H,3-8H2,1-2H3. The van der Waals surface area contributed by atoms with Crippen molar-refractivity contribution in [3.8, 4) is 0 Å². The molecule has 0 saturated carbocycles. The van der Waals surface area contributed by atoms with E-state index < -0.39 is 6.10 Å². The van der Waals surface area contributed by atoms with Crippen LogP contribution >= 0.6 is 0 Å². The fourth-order valence-electron chi connectivity index (χ4n) is 2.23. The molecular weight excluding hydrogens is 218 g/mol. The van der Waals surface area contributed by atoms with Crippen LogP contribution in [0.25, 0.3) is 0 Å². The van der Waals surface area contributed by atoms with Crippen LogP contribution < -0.4 is 0 Å². The van der Waals surface area contributed by atoms with Gasteiger partial charge >= 0.3 is 0 Å². The summed E-state index contributed by atoms with van der Waals surface area (Å²) in [5.74, 6) is 1.99. The third-order valence-electron chi connectivity index (χ3n) is 3.29. The molecule has 0 amide bonds. The minimum atomic E-state index is -0.413. The van der Waals surface area contributed by atoms with Gasteiger partial charge in [0.1, 0.15) is 0 Å². The van der Waals surface area contributed by atoms with E-state index in [0.29, 0.717) is 18.2 Å². The largest absolute Gasteiger partial charge is 0.393 e. The van der Waals surface area contributed by atoms with Crippen LogP contribution in [0, 0.1) is 5.92 Å². The highest BCUT2D eigenvalue weighted by Crippen LogP contribution is 2.20. The minimum Gasteiger partial charge on any atom is -0.393 e. The second kappa shape index (κ2) is 5.60. The number of rotatable bonds is 4. The Bertz CT molecular complexity index is 343. The number of aliphatic hydroxyl groups excluding tert-OH is 1. The third-order valence-corrected chi connectivity index (χ3v) is 3.29. The average molecular weight is 239 g/mol. The van der Waals surface area contributed by atoms with Gasteiger partial charge in [0.25, 0.3) is 0 Å². The van der Waals surface area contributed by atoms with E-state index in [1.807, 2.05) is 0 Å². The molecule has 0 bridgehead atoms. The van der Waals surface area contributed by atoms with Gasteiger partial charge in [0.15, 0.2) is 5.82 Å². The summed E-state index contributed by atoms with van der Waals surface area (Å²) < 4.78 is 5.21. The number of aliphatic hydroxyl groups is 1. The Morgan fingerprint density at radius 1 is 1.47 bits per heavy atom. The molecule has 1 aromatic rings. The van der Waals surface area contributed by atoms with Gasteiger partial charge in [0.05, 0.1) is 6.10 Å². The molecule has 0 spiro atoms. The predicted molar refractivity (Wildman–Crippen MR) is 63.6 cm³/mol. The van der Waals surface area contributed by atoms with Gasteiger partial charge < -0.3 is 14.5 Å². The molecule has 96 valence electrons. The zero-order valence-electron chi connectivity index (χ0n) is 10.6. The lowest BCUT2D eigenvalue weighted by atomic mass is 9.94. The van der Waals surface area contributed by atoms with E-state index in [2.05, 4.69) is 22.1 Å². The van der Waals surface area contributed by atoms with E-state index in [1.165, 1.54) is 12.8 Å². The average Bonchev–Trinajstić information content (AvgIpc) is 2.68. The van der Waals surface area contributed by atoms with Gasteiger partial charge in [0, 0.05) is 12.8 Å². The molecule has 1 unspecified atom stereocenters. The summed E-state index contributed by atoms with van der Waals surface area (Å²) in [5, 5.41) is 13.1. The third kappa shape index (κ3) is 3.78. The lowest BCUT2D eigenvalue weighted by molar-refractivity contribution is 0.191. The molecule has 1 fully saturated rings. The number of likely N-dealkylation sites (tertiary alicyclic amines) is 1. The lowest BCUT2D eigenvalue weighted by Gasteiger charge is -2.27. The molecule has 2 rings (SSSR count). The highest BCUT2D eigenvalue weighted by molar-refractivity contribution is 4.90. The van der Waals surface area contributed by atoms with Gasteiger partial charge in [-0.1, -0.05) is 5.16 Å². The second-order valence-electron chi connectivity index (χ2n) is 5.11. The summed E-state index contributed by atoms with van der Waals surface area (Å²) in [6.07, 6.45) is 3.33. The zero-order valence-corrected chi connectivity index (χ0v) is 10.6. The Kier molecular flexibility index (Phi) is 4.12. The van der Waals surface area contributed by atoms with Crippen molar-refractivity contribution in [3.05, 3.63) is 11.7 Å². The fraction of sp³-hybridized carbons (Fsp3) is 0.833. The van der Waals surface area contributed by atoms with Crippen molar-refractivity contribution in [2.45, 2.75) is 38.7 Å². The SMILES string of the molecule is CC(O)Cc1noc(CC2CCN(C)CC2)n1. The van der Waals surface area contributed by atoms with Gasteiger partial charge in [-0.2, -0.15) is 4.98 Å². The van der Waals surface area contributed by atoms with Crippen molar-refractivity contribution >= 4 is 0 Å². The van der Waals surface area contributed by atoms with Crippen LogP contribution in [0.4, 0.5) is 0 Å². The second-order valence-corrected chi connectivity index (χ2v) is 5.11. The van der Waals surface area contributed by atoms with E-state index in [9.17, 15) is 5.11 Å². The summed E-state index contributed by atoms with van der Waals surface area (Å²) in [7, 11) is 2.16. The van der Waals surface area contributed by atoms with E-state index in [4.69, 9.17) is 4.52 Å². The highest BCUT2D eigenvalue weighted by Gasteiger charge is 2.19. The lowest BCUT2D eigenvalue weighted by Crippen LogP contribution is -2.31. The Labute approximate surface area is 102 Å². The van der Waals surface area contributed by atoms with Crippen LogP contribution in [-0.2, 0) is 12.8 Å². The molecule has 1 N–H and O–H groups in total. The number of aromatic nitrogens is 2. The van der Waals surface area contributed by atoms with Crippen molar-refractivity contribution in [1.82, 2.24) is 15.0 Å². The van der Waals surface area contributed by atoms with Crippen LogP contribution in [0.15, 0.2) is 4.52 Å². The molecule has 1 aliphatic rings. The smallest absolute Gasteiger partial charge is 0.226 e. The number of hydrogen-bond donors (Lipinski definition) is 1. The van der Waals surface area contributed by atoms with Crippen LogP contribution in [0.5, 0.6) is 0 Å². The minimum absolute atomic E-state index is 0.413. The molecular formula is C12H21N3O2. The molecule has 0 radical (unpaired) electrons. The van der Waals surface area contributed by atoms with Gasteiger partial charge in [-0.25, -0.2) is 0 Å². The molecule has 1 saturated heterocycles. The summed E-state index contributed by atoms with van der Waals surface area (Å²) in [5.41, 5.74) is 0. The zero-order chi connectivity index (χ0) is 12.3. The molecule has 2 heterocycles.